The first-order valence-corrected chi connectivity index (χ1v) is 7.53. The van der Waals surface area contributed by atoms with Crippen LogP contribution in [0.25, 0.3) is 0 Å². The van der Waals surface area contributed by atoms with Gasteiger partial charge in [0, 0.05) is 26.0 Å². The summed E-state index contributed by atoms with van der Waals surface area (Å²) in [6.45, 7) is 7.70. The Morgan fingerprint density at radius 3 is 2.20 bits per heavy atom. The molecule has 0 radical (unpaired) electrons. The maximum atomic E-state index is 12.3. The van der Waals surface area contributed by atoms with E-state index in [1.807, 2.05) is 0 Å². The van der Waals surface area contributed by atoms with E-state index in [9.17, 15) is 14.4 Å². The van der Waals surface area contributed by atoms with Gasteiger partial charge >= 0.3 is 18.0 Å². The number of nitrogens with zero attached hydrogens (tertiary/aromatic N) is 1. The first-order valence-electron chi connectivity index (χ1n) is 7.53. The Hall–Kier alpha value is -3.10. The molecular formula is C16H22N4O5. The fourth-order valence-corrected chi connectivity index (χ4v) is 2.33. The molecule has 0 heterocycles. The van der Waals surface area contributed by atoms with E-state index in [0.29, 0.717) is 17.7 Å². The molecule has 0 spiro atoms. The molecule has 0 saturated heterocycles. The summed E-state index contributed by atoms with van der Waals surface area (Å²) < 4.78 is 10.2. The second kappa shape index (κ2) is 8.13. The highest BCUT2D eigenvalue weighted by molar-refractivity contribution is 6.15. The number of benzene rings is 1. The lowest BCUT2D eigenvalue weighted by atomic mass is 10.1. The molecule has 0 saturated carbocycles. The number of hydrogen-bond acceptors (Lipinski definition) is 6. The molecule has 1 aromatic rings. The number of urea groups is 1. The molecule has 25 heavy (non-hydrogen) atoms. The highest BCUT2D eigenvalue weighted by Crippen LogP contribution is 2.40. The van der Waals surface area contributed by atoms with E-state index in [1.165, 1.54) is 19.9 Å². The van der Waals surface area contributed by atoms with E-state index in [-0.39, 0.29) is 17.2 Å². The number of carbonyl (C=O) groups is 3. The lowest BCUT2D eigenvalue weighted by Gasteiger charge is -2.26. The molecule has 0 unspecified atom stereocenters. The number of guanidine groups is 1. The average Bonchev–Trinajstić information content (AvgIpc) is 2.46. The molecule has 0 aromatic heterocycles. The quantitative estimate of drug-likeness (QED) is 0.326. The standard InChI is InChI=1S/C16H22N4O5/c1-6-19-16(23)20(15(17)18)13-8(2)7-12(24-10(4)21)14(9(13)3)25-11(5)22/h7H,6H2,1-5H3,(H3,17,18)(H,19,23). The molecule has 9 heteroatoms. The van der Waals surface area contributed by atoms with Gasteiger partial charge in [0.25, 0.3) is 0 Å². The van der Waals surface area contributed by atoms with Gasteiger partial charge in [-0.2, -0.15) is 0 Å². The summed E-state index contributed by atoms with van der Waals surface area (Å²) in [5.74, 6) is -1.70. The molecule has 4 N–H and O–H groups in total. The van der Waals surface area contributed by atoms with Gasteiger partial charge in [-0.3, -0.25) is 15.0 Å². The van der Waals surface area contributed by atoms with Crippen LogP contribution in [0.5, 0.6) is 11.5 Å². The third kappa shape index (κ3) is 4.69. The number of nitrogens with one attached hydrogen (secondary N) is 2. The van der Waals surface area contributed by atoms with E-state index in [1.54, 1.807) is 20.8 Å². The predicted molar refractivity (Wildman–Crippen MR) is 92.0 cm³/mol. The lowest BCUT2D eigenvalue weighted by molar-refractivity contribution is -0.134. The van der Waals surface area contributed by atoms with Crippen LogP contribution in [0.2, 0.25) is 0 Å². The largest absolute Gasteiger partial charge is 0.423 e. The third-order valence-electron chi connectivity index (χ3n) is 3.14. The maximum absolute atomic E-state index is 12.3. The van der Waals surface area contributed by atoms with Crippen molar-refractivity contribution in [3.63, 3.8) is 0 Å². The molecule has 9 nitrogen and oxygen atoms in total. The second-order valence-corrected chi connectivity index (χ2v) is 5.24. The van der Waals surface area contributed by atoms with Gasteiger partial charge in [0.05, 0.1) is 5.69 Å². The highest BCUT2D eigenvalue weighted by Gasteiger charge is 2.27. The van der Waals surface area contributed by atoms with Gasteiger partial charge in [-0.1, -0.05) is 0 Å². The molecule has 0 aliphatic rings. The number of amides is 2. The zero-order valence-corrected chi connectivity index (χ0v) is 14.9. The van der Waals surface area contributed by atoms with Gasteiger partial charge in [-0.05, 0) is 32.4 Å². The van der Waals surface area contributed by atoms with Crippen LogP contribution >= 0.6 is 0 Å². The van der Waals surface area contributed by atoms with Crippen LogP contribution in [0.4, 0.5) is 10.5 Å². The minimum atomic E-state index is -0.626. The molecule has 0 bridgehead atoms. The van der Waals surface area contributed by atoms with Gasteiger partial charge in [0.15, 0.2) is 11.5 Å². The van der Waals surface area contributed by atoms with Gasteiger partial charge in [0.1, 0.15) is 0 Å². The van der Waals surface area contributed by atoms with Crippen molar-refractivity contribution < 1.29 is 23.9 Å². The summed E-state index contributed by atoms with van der Waals surface area (Å²) in [4.78, 5) is 36.0. The SMILES string of the molecule is CCNC(=O)N(C(=N)N)c1c(C)cc(OC(C)=O)c(OC(C)=O)c1C. The van der Waals surface area contributed by atoms with Crippen molar-refractivity contribution in [3.8, 4) is 11.5 Å². The Kier molecular flexibility index (Phi) is 6.49. The molecule has 0 atom stereocenters. The van der Waals surface area contributed by atoms with Crippen LogP contribution in [-0.2, 0) is 9.59 Å². The molecule has 136 valence electrons. The number of carbonyl (C=O) groups excluding carboxylic acids is 3. The van der Waals surface area contributed by atoms with Gasteiger partial charge in [-0.25, -0.2) is 9.69 Å². The number of rotatable bonds is 4. The van der Waals surface area contributed by atoms with Gasteiger partial charge in [0.2, 0.25) is 5.96 Å². The van der Waals surface area contributed by atoms with Crippen LogP contribution in [0.1, 0.15) is 31.9 Å². The summed E-state index contributed by atoms with van der Waals surface area (Å²) in [5, 5.41) is 10.3. The smallest absolute Gasteiger partial charge is 0.328 e. The summed E-state index contributed by atoms with van der Waals surface area (Å²) in [6.07, 6.45) is 0. The minimum absolute atomic E-state index is 0.0150. The highest BCUT2D eigenvalue weighted by atomic mass is 16.6. The molecule has 0 fully saturated rings. The van der Waals surface area contributed by atoms with Crippen molar-refractivity contribution in [2.24, 2.45) is 5.73 Å². The first kappa shape index (κ1) is 19.9. The van der Waals surface area contributed by atoms with Crippen LogP contribution < -0.4 is 25.4 Å². The van der Waals surface area contributed by atoms with Crippen LogP contribution in [0.3, 0.4) is 0 Å². The lowest BCUT2D eigenvalue weighted by Crippen LogP contribution is -2.47. The molecule has 2 amide bonds. The zero-order chi connectivity index (χ0) is 19.3. The Labute approximate surface area is 145 Å². The Bertz CT molecular complexity index is 730. The van der Waals surface area contributed by atoms with E-state index >= 15 is 0 Å². The number of esters is 2. The average molecular weight is 350 g/mol. The Morgan fingerprint density at radius 1 is 1.20 bits per heavy atom. The second-order valence-electron chi connectivity index (χ2n) is 5.24. The first-order chi connectivity index (χ1) is 11.6. The van der Waals surface area contributed by atoms with Crippen molar-refractivity contribution in [1.82, 2.24) is 5.32 Å². The topological polar surface area (TPSA) is 135 Å². The number of ether oxygens (including phenoxy) is 2. The van der Waals surface area contributed by atoms with Crippen LogP contribution in [0, 0.1) is 19.3 Å². The third-order valence-corrected chi connectivity index (χ3v) is 3.14. The maximum Gasteiger partial charge on any atom is 0.328 e. The number of anilines is 1. The van der Waals surface area contributed by atoms with Gasteiger partial charge in [-0.15, -0.1) is 0 Å². The van der Waals surface area contributed by atoms with E-state index in [4.69, 9.17) is 20.6 Å². The summed E-state index contributed by atoms with van der Waals surface area (Å²) in [5.41, 5.74) is 6.66. The molecule has 0 aliphatic heterocycles. The zero-order valence-electron chi connectivity index (χ0n) is 14.9. The monoisotopic (exact) mass is 350 g/mol. The Balaban J connectivity index is 3.64. The van der Waals surface area contributed by atoms with Crippen LogP contribution in [-0.4, -0.2) is 30.5 Å². The summed E-state index contributed by atoms with van der Waals surface area (Å²) in [7, 11) is 0. The van der Waals surface area contributed by atoms with E-state index in [0.717, 1.165) is 4.90 Å². The Morgan fingerprint density at radius 2 is 1.76 bits per heavy atom. The van der Waals surface area contributed by atoms with Crippen molar-refractivity contribution in [2.75, 3.05) is 11.4 Å². The molecular weight excluding hydrogens is 328 g/mol. The normalized spacial score (nSPS) is 9.96. The van der Waals surface area contributed by atoms with Crippen molar-refractivity contribution in [3.05, 3.63) is 17.2 Å². The number of nitrogens with two attached hydrogens (primary N) is 1. The van der Waals surface area contributed by atoms with Crippen molar-refractivity contribution in [1.29, 1.82) is 5.41 Å². The molecule has 1 rings (SSSR count). The van der Waals surface area contributed by atoms with E-state index < -0.39 is 23.9 Å². The fourth-order valence-electron chi connectivity index (χ4n) is 2.33. The fraction of sp³-hybridized carbons (Fsp3) is 0.375. The molecule has 1 aromatic carbocycles. The number of aryl methyl sites for hydroxylation is 1. The summed E-state index contributed by atoms with van der Waals surface area (Å²) in [6, 6.07) is 0.840. The van der Waals surface area contributed by atoms with Crippen LogP contribution in [0.15, 0.2) is 6.07 Å². The predicted octanol–water partition coefficient (Wildman–Crippen LogP) is 1.58. The number of hydrogen-bond donors (Lipinski definition) is 3. The van der Waals surface area contributed by atoms with Gasteiger partial charge < -0.3 is 20.5 Å². The summed E-state index contributed by atoms with van der Waals surface area (Å²) >= 11 is 0. The van der Waals surface area contributed by atoms with Crippen molar-refractivity contribution >= 4 is 29.6 Å². The van der Waals surface area contributed by atoms with Crippen molar-refractivity contribution in [2.45, 2.75) is 34.6 Å². The minimum Gasteiger partial charge on any atom is -0.423 e. The van der Waals surface area contributed by atoms with E-state index in [2.05, 4.69) is 5.32 Å². The molecule has 0 aliphatic carbocycles.